The van der Waals surface area contributed by atoms with Gasteiger partial charge in [0.1, 0.15) is 11.9 Å². The molecule has 1 heterocycles. The maximum atomic E-state index is 9.17. The van der Waals surface area contributed by atoms with E-state index in [-0.39, 0.29) is 0 Å². The van der Waals surface area contributed by atoms with Gasteiger partial charge in [0.05, 0.1) is 11.3 Å². The summed E-state index contributed by atoms with van der Waals surface area (Å²) in [6, 6.07) is 13.8. The SMILES string of the molecule is CCNc1ncccc1CN(C)c1ccccc1C#N. The Kier molecular flexibility index (Phi) is 4.56. The molecule has 1 aromatic carbocycles. The lowest BCUT2D eigenvalue weighted by Gasteiger charge is -2.21. The largest absolute Gasteiger partial charge is 0.370 e. The molecule has 20 heavy (non-hydrogen) atoms. The van der Waals surface area contributed by atoms with Crippen LogP contribution in [0.15, 0.2) is 42.6 Å². The maximum Gasteiger partial charge on any atom is 0.130 e. The molecule has 102 valence electrons. The van der Waals surface area contributed by atoms with E-state index in [1.54, 1.807) is 6.20 Å². The quantitative estimate of drug-likeness (QED) is 0.903. The summed E-state index contributed by atoms with van der Waals surface area (Å²) < 4.78 is 0. The molecule has 0 aliphatic rings. The lowest BCUT2D eigenvalue weighted by molar-refractivity contribution is 0.911. The van der Waals surface area contributed by atoms with Crippen LogP contribution in [0.4, 0.5) is 11.5 Å². The maximum absolute atomic E-state index is 9.17. The Hall–Kier alpha value is -2.54. The van der Waals surface area contributed by atoms with E-state index in [1.165, 1.54) is 0 Å². The summed E-state index contributed by atoms with van der Waals surface area (Å²) in [6.45, 7) is 3.59. The summed E-state index contributed by atoms with van der Waals surface area (Å²) in [5, 5.41) is 12.4. The molecule has 0 amide bonds. The number of hydrogen-bond donors (Lipinski definition) is 1. The fourth-order valence-electron chi connectivity index (χ4n) is 2.13. The number of nitrogens with zero attached hydrogens (tertiary/aromatic N) is 3. The average Bonchev–Trinajstić information content (AvgIpc) is 2.49. The van der Waals surface area contributed by atoms with Crippen LogP contribution in [0.25, 0.3) is 0 Å². The summed E-state index contributed by atoms with van der Waals surface area (Å²) in [7, 11) is 1.99. The highest BCUT2D eigenvalue weighted by Gasteiger charge is 2.09. The van der Waals surface area contributed by atoms with Crippen molar-refractivity contribution in [1.29, 1.82) is 5.26 Å². The van der Waals surface area contributed by atoms with Crippen molar-refractivity contribution in [3.05, 3.63) is 53.7 Å². The number of aromatic nitrogens is 1. The van der Waals surface area contributed by atoms with Gasteiger partial charge in [-0.1, -0.05) is 18.2 Å². The molecule has 1 aromatic heterocycles. The molecule has 0 radical (unpaired) electrons. The lowest BCUT2D eigenvalue weighted by Crippen LogP contribution is -2.19. The molecule has 0 fully saturated rings. The molecule has 4 heteroatoms. The molecular formula is C16H18N4. The van der Waals surface area contributed by atoms with Crippen molar-refractivity contribution in [2.45, 2.75) is 13.5 Å². The summed E-state index contributed by atoms with van der Waals surface area (Å²) in [5.41, 5.74) is 2.73. The Morgan fingerprint density at radius 3 is 2.80 bits per heavy atom. The van der Waals surface area contributed by atoms with Crippen molar-refractivity contribution in [2.24, 2.45) is 0 Å². The first-order valence-electron chi connectivity index (χ1n) is 6.64. The van der Waals surface area contributed by atoms with Gasteiger partial charge in [0, 0.05) is 31.9 Å². The third-order valence-corrected chi connectivity index (χ3v) is 3.08. The number of hydrogen-bond acceptors (Lipinski definition) is 4. The number of nitriles is 1. The highest BCUT2D eigenvalue weighted by Crippen LogP contribution is 2.22. The van der Waals surface area contributed by atoms with E-state index in [0.717, 1.165) is 23.6 Å². The van der Waals surface area contributed by atoms with E-state index in [4.69, 9.17) is 0 Å². The average molecular weight is 266 g/mol. The topological polar surface area (TPSA) is 52.0 Å². The summed E-state index contributed by atoms with van der Waals surface area (Å²) in [6.07, 6.45) is 1.78. The van der Waals surface area contributed by atoms with Gasteiger partial charge in [-0.05, 0) is 25.1 Å². The molecule has 0 aliphatic carbocycles. The van der Waals surface area contributed by atoms with E-state index >= 15 is 0 Å². The number of anilines is 2. The molecule has 0 aliphatic heterocycles. The van der Waals surface area contributed by atoms with Crippen molar-refractivity contribution >= 4 is 11.5 Å². The normalized spacial score (nSPS) is 9.85. The van der Waals surface area contributed by atoms with Gasteiger partial charge in [0.25, 0.3) is 0 Å². The molecule has 2 aromatic rings. The predicted octanol–water partition coefficient (Wildman–Crippen LogP) is 3.02. The van der Waals surface area contributed by atoms with E-state index in [9.17, 15) is 5.26 Å². The molecule has 0 spiro atoms. The summed E-state index contributed by atoms with van der Waals surface area (Å²) in [4.78, 5) is 6.42. The van der Waals surface area contributed by atoms with Crippen molar-refractivity contribution in [3.63, 3.8) is 0 Å². The van der Waals surface area contributed by atoms with Crippen LogP contribution in [0, 0.1) is 11.3 Å². The molecular weight excluding hydrogens is 248 g/mol. The first-order chi connectivity index (χ1) is 9.76. The Morgan fingerprint density at radius 2 is 2.05 bits per heavy atom. The van der Waals surface area contributed by atoms with Gasteiger partial charge < -0.3 is 10.2 Å². The van der Waals surface area contributed by atoms with Crippen LogP contribution in [0.5, 0.6) is 0 Å². The van der Waals surface area contributed by atoms with Gasteiger partial charge >= 0.3 is 0 Å². The summed E-state index contributed by atoms with van der Waals surface area (Å²) >= 11 is 0. The van der Waals surface area contributed by atoms with Crippen molar-refractivity contribution in [3.8, 4) is 6.07 Å². The zero-order valence-corrected chi connectivity index (χ0v) is 11.8. The van der Waals surface area contributed by atoms with Crippen LogP contribution < -0.4 is 10.2 Å². The van der Waals surface area contributed by atoms with E-state index in [2.05, 4.69) is 27.3 Å². The number of benzene rings is 1. The molecule has 1 N–H and O–H groups in total. The zero-order valence-electron chi connectivity index (χ0n) is 11.8. The molecule has 0 unspecified atom stereocenters. The Balaban J connectivity index is 2.24. The second-order valence-electron chi connectivity index (χ2n) is 4.53. The first-order valence-corrected chi connectivity index (χ1v) is 6.64. The third kappa shape index (κ3) is 3.07. The van der Waals surface area contributed by atoms with Gasteiger partial charge in [-0.2, -0.15) is 5.26 Å². The number of nitrogens with one attached hydrogen (secondary N) is 1. The van der Waals surface area contributed by atoms with E-state index in [1.807, 2.05) is 44.3 Å². The number of rotatable bonds is 5. The Morgan fingerprint density at radius 1 is 1.25 bits per heavy atom. The first kappa shape index (κ1) is 13.9. The molecule has 0 bridgehead atoms. The molecule has 0 atom stereocenters. The van der Waals surface area contributed by atoms with Crippen LogP contribution in [0.1, 0.15) is 18.1 Å². The highest BCUT2D eigenvalue weighted by molar-refractivity contribution is 5.59. The predicted molar refractivity (Wildman–Crippen MR) is 81.7 cm³/mol. The lowest BCUT2D eigenvalue weighted by atomic mass is 10.1. The van der Waals surface area contributed by atoms with E-state index in [0.29, 0.717) is 12.1 Å². The van der Waals surface area contributed by atoms with Gasteiger partial charge in [-0.25, -0.2) is 4.98 Å². The third-order valence-electron chi connectivity index (χ3n) is 3.08. The standard InChI is InChI=1S/C16H18N4/c1-3-18-16-14(8-6-10-19-16)12-20(2)15-9-5-4-7-13(15)11-17/h4-10H,3,12H2,1-2H3,(H,18,19). The minimum Gasteiger partial charge on any atom is -0.370 e. The van der Waals surface area contributed by atoms with Gasteiger partial charge in [-0.15, -0.1) is 0 Å². The number of para-hydroxylation sites is 1. The minimum absolute atomic E-state index is 0.684. The van der Waals surface area contributed by atoms with Crippen molar-refractivity contribution < 1.29 is 0 Å². The molecule has 2 rings (SSSR count). The van der Waals surface area contributed by atoms with Gasteiger partial charge in [0.2, 0.25) is 0 Å². The van der Waals surface area contributed by atoms with Crippen LogP contribution >= 0.6 is 0 Å². The smallest absolute Gasteiger partial charge is 0.130 e. The van der Waals surface area contributed by atoms with Gasteiger partial charge in [-0.3, -0.25) is 0 Å². The van der Waals surface area contributed by atoms with Crippen LogP contribution in [0.2, 0.25) is 0 Å². The molecule has 0 saturated heterocycles. The fourth-order valence-corrected chi connectivity index (χ4v) is 2.13. The number of pyridine rings is 1. The molecule has 0 saturated carbocycles. The van der Waals surface area contributed by atoms with Crippen LogP contribution in [-0.2, 0) is 6.54 Å². The fraction of sp³-hybridized carbons (Fsp3) is 0.250. The second kappa shape index (κ2) is 6.58. The second-order valence-corrected chi connectivity index (χ2v) is 4.53. The van der Waals surface area contributed by atoms with Crippen LogP contribution in [0.3, 0.4) is 0 Å². The minimum atomic E-state index is 0.684. The van der Waals surface area contributed by atoms with Crippen LogP contribution in [-0.4, -0.2) is 18.6 Å². The highest BCUT2D eigenvalue weighted by atomic mass is 15.1. The summed E-state index contributed by atoms with van der Waals surface area (Å²) in [5.74, 6) is 0.899. The Labute approximate surface area is 119 Å². The zero-order chi connectivity index (χ0) is 14.4. The monoisotopic (exact) mass is 266 g/mol. The van der Waals surface area contributed by atoms with Crippen molar-refractivity contribution in [1.82, 2.24) is 4.98 Å². The Bertz CT molecular complexity index is 616. The van der Waals surface area contributed by atoms with E-state index < -0.39 is 0 Å². The van der Waals surface area contributed by atoms with Gasteiger partial charge in [0.15, 0.2) is 0 Å². The van der Waals surface area contributed by atoms with Crippen molar-refractivity contribution in [2.75, 3.05) is 23.8 Å². The molecule has 4 nitrogen and oxygen atoms in total.